The van der Waals surface area contributed by atoms with Gasteiger partial charge in [-0.3, -0.25) is 0 Å². The van der Waals surface area contributed by atoms with Gasteiger partial charge in [0.05, 0.1) is 18.2 Å². The van der Waals surface area contributed by atoms with Crippen molar-refractivity contribution >= 4 is 16.9 Å². The molecule has 1 N–H and O–H groups in total. The molecule has 0 aliphatic carbocycles. The van der Waals surface area contributed by atoms with Gasteiger partial charge in [-0.2, -0.15) is 0 Å². The number of fused-ring (bicyclic) bond motifs is 5. The molecule has 6 nitrogen and oxygen atoms in total. The summed E-state index contributed by atoms with van der Waals surface area (Å²) >= 11 is 0. The zero-order chi connectivity index (χ0) is 20.2. The Morgan fingerprint density at radius 1 is 1.17 bits per heavy atom. The Morgan fingerprint density at radius 2 is 2.03 bits per heavy atom. The van der Waals surface area contributed by atoms with Crippen LogP contribution in [0.1, 0.15) is 45.8 Å². The maximum atomic E-state index is 12.6. The van der Waals surface area contributed by atoms with Gasteiger partial charge in [-0.25, -0.2) is 4.79 Å². The van der Waals surface area contributed by atoms with Crippen LogP contribution >= 0.6 is 0 Å². The summed E-state index contributed by atoms with van der Waals surface area (Å²) in [7, 11) is 0. The minimum atomic E-state index is -0.279. The first kappa shape index (κ1) is 17.2. The van der Waals surface area contributed by atoms with Gasteiger partial charge in [0, 0.05) is 34.9 Å². The van der Waals surface area contributed by atoms with Gasteiger partial charge in [0.2, 0.25) is 6.79 Å². The molecule has 0 amide bonds. The number of hydrogen-bond donors (Lipinski definition) is 1. The van der Waals surface area contributed by atoms with Gasteiger partial charge >= 0.3 is 5.97 Å². The Bertz CT molecular complexity index is 1300. The van der Waals surface area contributed by atoms with E-state index in [0.29, 0.717) is 18.6 Å². The molecule has 2 aromatic carbocycles. The molecule has 1 atom stereocenters. The molecule has 2 aliphatic heterocycles. The van der Waals surface area contributed by atoms with E-state index in [0.717, 1.165) is 34.0 Å². The highest BCUT2D eigenvalue weighted by Gasteiger charge is 2.33. The zero-order valence-corrected chi connectivity index (χ0v) is 16.5. The highest BCUT2D eigenvalue weighted by atomic mass is 16.7. The van der Waals surface area contributed by atoms with Gasteiger partial charge in [0.15, 0.2) is 11.5 Å². The van der Waals surface area contributed by atoms with E-state index < -0.39 is 0 Å². The fourth-order valence-corrected chi connectivity index (χ4v) is 4.66. The van der Waals surface area contributed by atoms with Crippen molar-refractivity contribution in [3.63, 3.8) is 0 Å². The predicted molar refractivity (Wildman–Crippen MR) is 111 cm³/mol. The van der Waals surface area contributed by atoms with Crippen LogP contribution in [0.3, 0.4) is 0 Å². The highest BCUT2D eigenvalue weighted by molar-refractivity contribution is 5.92. The zero-order valence-electron chi connectivity index (χ0n) is 16.5. The summed E-state index contributed by atoms with van der Waals surface area (Å²) in [6, 6.07) is 16.1. The summed E-state index contributed by atoms with van der Waals surface area (Å²) < 4.78 is 18.6. The minimum Gasteiger partial charge on any atom is -0.462 e. The van der Waals surface area contributed by atoms with Crippen molar-refractivity contribution in [3.05, 3.63) is 82.8 Å². The number of para-hydroxylation sites is 1. The molecule has 150 valence electrons. The maximum absolute atomic E-state index is 12.6. The Labute approximate surface area is 173 Å². The van der Waals surface area contributed by atoms with Crippen molar-refractivity contribution in [1.29, 1.82) is 0 Å². The number of carbonyl (C=O) groups excluding carboxylic acids is 1. The number of esters is 1. The third-order valence-corrected chi connectivity index (χ3v) is 5.97. The number of nitrogens with one attached hydrogen (secondary N) is 1. The Balaban J connectivity index is 1.58. The van der Waals surface area contributed by atoms with Gasteiger partial charge < -0.3 is 23.8 Å². The molecule has 0 fully saturated rings. The molecule has 0 radical (unpaired) electrons. The topological polar surface area (TPSA) is 65.5 Å². The van der Waals surface area contributed by atoms with Crippen LogP contribution in [-0.2, 0) is 11.2 Å². The monoisotopic (exact) mass is 400 g/mol. The molecule has 0 saturated heterocycles. The molecule has 1 unspecified atom stereocenters. The van der Waals surface area contributed by atoms with E-state index in [1.54, 1.807) is 0 Å². The van der Waals surface area contributed by atoms with Crippen molar-refractivity contribution in [1.82, 2.24) is 9.55 Å². The highest BCUT2D eigenvalue weighted by Crippen LogP contribution is 2.43. The molecular weight excluding hydrogens is 380 g/mol. The van der Waals surface area contributed by atoms with Gasteiger partial charge in [0.25, 0.3) is 0 Å². The van der Waals surface area contributed by atoms with Crippen LogP contribution in [0.4, 0.5) is 0 Å². The van der Waals surface area contributed by atoms with Crippen LogP contribution in [0, 0.1) is 0 Å². The van der Waals surface area contributed by atoms with E-state index in [1.165, 1.54) is 10.9 Å². The number of hydrogen-bond acceptors (Lipinski definition) is 4. The summed E-state index contributed by atoms with van der Waals surface area (Å²) in [5, 5.41) is 1.18. The Kier molecular flexibility index (Phi) is 3.68. The molecule has 0 spiro atoms. The lowest BCUT2D eigenvalue weighted by Gasteiger charge is -2.28. The van der Waals surface area contributed by atoms with E-state index in [1.807, 2.05) is 43.5 Å². The minimum absolute atomic E-state index is 0.103. The third-order valence-electron chi connectivity index (χ3n) is 5.97. The first-order valence-electron chi connectivity index (χ1n) is 10.1. The molecule has 2 aromatic heterocycles. The van der Waals surface area contributed by atoms with E-state index in [9.17, 15) is 4.79 Å². The molecule has 4 aromatic rings. The molecule has 30 heavy (non-hydrogen) atoms. The largest absolute Gasteiger partial charge is 0.462 e. The van der Waals surface area contributed by atoms with Gasteiger partial charge in [-0.15, -0.1) is 0 Å². The molecular formula is C24H20N2O4. The van der Waals surface area contributed by atoms with E-state index >= 15 is 0 Å². The van der Waals surface area contributed by atoms with E-state index in [-0.39, 0.29) is 18.8 Å². The lowest BCUT2D eigenvalue weighted by atomic mass is 9.92. The second-order valence-corrected chi connectivity index (χ2v) is 7.56. The van der Waals surface area contributed by atoms with Crippen LogP contribution in [-0.4, -0.2) is 28.9 Å². The number of nitrogens with zero attached hydrogens (tertiary/aromatic N) is 1. The third kappa shape index (κ3) is 2.40. The van der Waals surface area contributed by atoms with Gasteiger partial charge in [-0.05, 0) is 42.3 Å². The summed E-state index contributed by atoms with van der Waals surface area (Å²) in [6.45, 7) is 2.42. The summed E-state index contributed by atoms with van der Waals surface area (Å²) in [6.07, 6.45) is 2.65. The van der Waals surface area contributed by atoms with Crippen molar-refractivity contribution in [2.24, 2.45) is 0 Å². The SMILES string of the molecule is CCOC(=O)c1ccn2c1Cc1c([nH]c3ccccc13)C2c1ccc2c(c1)OCO2. The summed E-state index contributed by atoms with van der Waals surface area (Å²) in [4.78, 5) is 16.2. The first-order valence-corrected chi connectivity index (χ1v) is 10.1. The molecule has 0 saturated carbocycles. The fourth-order valence-electron chi connectivity index (χ4n) is 4.66. The number of benzene rings is 2. The number of rotatable bonds is 3. The maximum Gasteiger partial charge on any atom is 0.339 e. The van der Waals surface area contributed by atoms with Crippen LogP contribution < -0.4 is 9.47 Å². The van der Waals surface area contributed by atoms with E-state index in [2.05, 4.69) is 27.8 Å². The molecule has 0 bridgehead atoms. The van der Waals surface area contributed by atoms with E-state index in [4.69, 9.17) is 14.2 Å². The van der Waals surface area contributed by atoms with Crippen molar-refractivity contribution in [3.8, 4) is 11.5 Å². The van der Waals surface area contributed by atoms with Crippen LogP contribution in [0.15, 0.2) is 54.7 Å². The number of carbonyl (C=O) groups is 1. The fraction of sp³-hybridized carbons (Fsp3) is 0.208. The average Bonchev–Trinajstić information content (AvgIpc) is 3.48. The van der Waals surface area contributed by atoms with Crippen molar-refractivity contribution in [2.75, 3.05) is 13.4 Å². The number of aromatic amines is 1. The quantitative estimate of drug-likeness (QED) is 0.456. The lowest BCUT2D eigenvalue weighted by Crippen LogP contribution is -2.22. The predicted octanol–water partition coefficient (Wildman–Crippen LogP) is 4.42. The van der Waals surface area contributed by atoms with Crippen molar-refractivity contribution < 1.29 is 19.0 Å². The number of H-pyrrole nitrogens is 1. The smallest absolute Gasteiger partial charge is 0.339 e. The van der Waals surface area contributed by atoms with Gasteiger partial charge in [0.1, 0.15) is 0 Å². The molecule has 6 rings (SSSR count). The molecule has 2 aliphatic rings. The van der Waals surface area contributed by atoms with Crippen LogP contribution in [0.2, 0.25) is 0 Å². The summed E-state index contributed by atoms with van der Waals surface area (Å²) in [5.41, 5.74) is 6.10. The molecule has 4 heterocycles. The lowest BCUT2D eigenvalue weighted by molar-refractivity contribution is 0.0525. The van der Waals surface area contributed by atoms with Crippen LogP contribution in [0.5, 0.6) is 11.5 Å². The molecule has 6 heteroatoms. The van der Waals surface area contributed by atoms with Gasteiger partial charge in [-0.1, -0.05) is 24.3 Å². The second kappa shape index (κ2) is 6.42. The second-order valence-electron chi connectivity index (χ2n) is 7.56. The standard InChI is InChI=1S/C24H20N2O4/c1-2-28-24(27)16-9-10-26-19(16)12-17-15-5-3-4-6-18(15)25-22(17)23(26)14-7-8-20-21(11-14)30-13-29-20/h3-11,23,25H,2,12-13H2,1H3. The summed E-state index contributed by atoms with van der Waals surface area (Å²) in [5.74, 6) is 1.22. The number of aromatic nitrogens is 2. The average molecular weight is 400 g/mol. The Hall–Kier alpha value is -3.67. The normalized spacial score (nSPS) is 16.4. The number of ether oxygens (including phenoxy) is 3. The first-order chi connectivity index (χ1) is 14.7. The Morgan fingerprint density at radius 3 is 2.93 bits per heavy atom. The van der Waals surface area contributed by atoms with Crippen molar-refractivity contribution in [2.45, 2.75) is 19.4 Å². The van der Waals surface area contributed by atoms with Crippen LogP contribution in [0.25, 0.3) is 10.9 Å².